The van der Waals surface area contributed by atoms with E-state index in [2.05, 4.69) is 15.2 Å². The lowest BCUT2D eigenvalue weighted by atomic mass is 10.1. The SMILES string of the molecule is NCC(c1cc(-c2ccccc2)n[nH]1)c1nccs1. The van der Waals surface area contributed by atoms with E-state index < -0.39 is 0 Å². The molecule has 1 atom stereocenters. The molecule has 2 aromatic heterocycles. The highest BCUT2D eigenvalue weighted by atomic mass is 32.1. The summed E-state index contributed by atoms with van der Waals surface area (Å²) in [6.07, 6.45) is 1.80. The Hall–Kier alpha value is -1.98. The van der Waals surface area contributed by atoms with Gasteiger partial charge in [0.25, 0.3) is 0 Å². The minimum atomic E-state index is 0.0879. The molecule has 0 amide bonds. The van der Waals surface area contributed by atoms with E-state index >= 15 is 0 Å². The maximum absolute atomic E-state index is 5.86. The number of hydrogen-bond donors (Lipinski definition) is 2. The van der Waals surface area contributed by atoms with E-state index in [0.29, 0.717) is 6.54 Å². The van der Waals surface area contributed by atoms with Crippen LogP contribution in [-0.2, 0) is 0 Å². The first kappa shape index (κ1) is 12.1. The summed E-state index contributed by atoms with van der Waals surface area (Å²) in [5, 5.41) is 10.4. The van der Waals surface area contributed by atoms with Gasteiger partial charge in [0.2, 0.25) is 0 Å². The number of thiazole rings is 1. The molecule has 1 unspecified atom stereocenters. The van der Waals surface area contributed by atoms with Crippen LogP contribution in [0.15, 0.2) is 48.0 Å². The Balaban J connectivity index is 1.93. The summed E-state index contributed by atoms with van der Waals surface area (Å²) in [5.74, 6) is 0.0879. The molecule has 0 fully saturated rings. The van der Waals surface area contributed by atoms with Gasteiger partial charge in [-0.1, -0.05) is 30.3 Å². The van der Waals surface area contributed by atoms with Crippen molar-refractivity contribution in [1.82, 2.24) is 15.2 Å². The van der Waals surface area contributed by atoms with Gasteiger partial charge in [0, 0.05) is 29.4 Å². The van der Waals surface area contributed by atoms with Crippen LogP contribution in [0.1, 0.15) is 16.6 Å². The Labute approximate surface area is 115 Å². The highest BCUT2D eigenvalue weighted by molar-refractivity contribution is 7.09. The van der Waals surface area contributed by atoms with Crippen LogP contribution in [0.25, 0.3) is 11.3 Å². The van der Waals surface area contributed by atoms with Gasteiger partial charge in [-0.3, -0.25) is 5.10 Å². The maximum atomic E-state index is 5.86. The zero-order valence-electron chi connectivity index (χ0n) is 10.3. The summed E-state index contributed by atoms with van der Waals surface area (Å²) in [4.78, 5) is 4.34. The van der Waals surface area contributed by atoms with Gasteiger partial charge in [-0.05, 0) is 6.07 Å². The van der Waals surface area contributed by atoms with Gasteiger partial charge in [0.1, 0.15) is 5.01 Å². The van der Waals surface area contributed by atoms with Crippen LogP contribution in [0.3, 0.4) is 0 Å². The smallest absolute Gasteiger partial charge is 0.103 e. The van der Waals surface area contributed by atoms with Crippen molar-refractivity contribution >= 4 is 11.3 Å². The zero-order valence-corrected chi connectivity index (χ0v) is 11.1. The topological polar surface area (TPSA) is 67.6 Å². The summed E-state index contributed by atoms with van der Waals surface area (Å²) in [6.45, 7) is 0.518. The van der Waals surface area contributed by atoms with Crippen LogP contribution < -0.4 is 5.73 Å². The van der Waals surface area contributed by atoms with Gasteiger partial charge in [0.15, 0.2) is 0 Å². The summed E-state index contributed by atoms with van der Waals surface area (Å²) in [7, 11) is 0. The lowest BCUT2D eigenvalue weighted by Gasteiger charge is -2.08. The first-order chi connectivity index (χ1) is 9.38. The molecule has 3 rings (SSSR count). The standard InChI is InChI=1S/C14H14N4S/c15-9-11(14-16-6-7-19-14)13-8-12(17-18-13)10-4-2-1-3-5-10/h1-8,11H,9,15H2,(H,17,18). The molecule has 1 aromatic carbocycles. The van der Waals surface area contributed by atoms with Gasteiger partial charge in [0.05, 0.1) is 11.6 Å². The summed E-state index contributed by atoms with van der Waals surface area (Å²) in [5.41, 5.74) is 8.91. The third kappa shape index (κ3) is 2.43. The van der Waals surface area contributed by atoms with E-state index in [4.69, 9.17) is 5.73 Å². The number of aromatic nitrogens is 3. The van der Waals surface area contributed by atoms with Gasteiger partial charge in [-0.2, -0.15) is 5.10 Å². The van der Waals surface area contributed by atoms with Crippen LogP contribution >= 0.6 is 11.3 Å². The molecule has 0 radical (unpaired) electrons. The van der Waals surface area contributed by atoms with Gasteiger partial charge in [-0.15, -0.1) is 11.3 Å². The van der Waals surface area contributed by atoms with E-state index in [1.165, 1.54) is 0 Å². The molecule has 4 nitrogen and oxygen atoms in total. The van der Waals surface area contributed by atoms with E-state index in [9.17, 15) is 0 Å². The molecule has 0 saturated carbocycles. The third-order valence-corrected chi connectivity index (χ3v) is 3.92. The fraction of sp³-hybridized carbons (Fsp3) is 0.143. The number of rotatable bonds is 4. The first-order valence-electron chi connectivity index (χ1n) is 6.08. The third-order valence-electron chi connectivity index (χ3n) is 3.03. The van der Waals surface area contributed by atoms with Crippen molar-refractivity contribution in [3.8, 4) is 11.3 Å². The average Bonchev–Trinajstić information content (AvgIpc) is 3.12. The Morgan fingerprint density at radius 1 is 1.26 bits per heavy atom. The molecular formula is C14H14N4S. The Kier molecular flexibility index (Phi) is 3.39. The van der Waals surface area contributed by atoms with Crippen molar-refractivity contribution in [2.75, 3.05) is 6.54 Å². The van der Waals surface area contributed by atoms with Crippen molar-refractivity contribution in [3.05, 3.63) is 58.7 Å². The molecule has 3 N–H and O–H groups in total. The number of benzene rings is 1. The van der Waals surface area contributed by atoms with E-state index in [1.807, 2.05) is 41.8 Å². The molecule has 0 aliphatic rings. The Morgan fingerprint density at radius 3 is 2.79 bits per heavy atom. The first-order valence-corrected chi connectivity index (χ1v) is 6.96. The zero-order chi connectivity index (χ0) is 13.1. The number of nitrogens with zero attached hydrogens (tertiary/aromatic N) is 2. The van der Waals surface area contributed by atoms with Crippen LogP contribution in [0.5, 0.6) is 0 Å². The second-order valence-electron chi connectivity index (χ2n) is 4.23. The van der Waals surface area contributed by atoms with E-state index in [1.54, 1.807) is 17.5 Å². The summed E-state index contributed by atoms with van der Waals surface area (Å²) >= 11 is 1.62. The largest absolute Gasteiger partial charge is 0.329 e. The average molecular weight is 270 g/mol. The number of H-pyrrole nitrogens is 1. The van der Waals surface area contributed by atoms with Gasteiger partial charge < -0.3 is 5.73 Å². The number of hydrogen-bond acceptors (Lipinski definition) is 4. The van der Waals surface area contributed by atoms with Crippen molar-refractivity contribution in [2.45, 2.75) is 5.92 Å². The number of aromatic amines is 1. The fourth-order valence-corrected chi connectivity index (χ4v) is 2.81. The minimum Gasteiger partial charge on any atom is -0.329 e. The highest BCUT2D eigenvalue weighted by Gasteiger charge is 2.17. The van der Waals surface area contributed by atoms with Crippen molar-refractivity contribution in [2.24, 2.45) is 5.73 Å². The number of nitrogens with two attached hydrogens (primary N) is 1. The summed E-state index contributed by atoms with van der Waals surface area (Å²) < 4.78 is 0. The molecule has 96 valence electrons. The second-order valence-corrected chi connectivity index (χ2v) is 5.16. The molecular weight excluding hydrogens is 256 g/mol. The molecule has 0 saturated heterocycles. The maximum Gasteiger partial charge on any atom is 0.103 e. The van der Waals surface area contributed by atoms with Crippen molar-refractivity contribution < 1.29 is 0 Å². The lowest BCUT2D eigenvalue weighted by molar-refractivity contribution is 0.772. The van der Waals surface area contributed by atoms with E-state index in [0.717, 1.165) is 22.0 Å². The van der Waals surface area contributed by atoms with Crippen molar-refractivity contribution in [1.29, 1.82) is 0 Å². The molecule has 0 spiro atoms. The monoisotopic (exact) mass is 270 g/mol. The molecule has 5 heteroatoms. The van der Waals surface area contributed by atoms with Gasteiger partial charge in [-0.25, -0.2) is 4.98 Å². The predicted molar refractivity (Wildman–Crippen MR) is 77.0 cm³/mol. The molecule has 0 aliphatic carbocycles. The van der Waals surface area contributed by atoms with Gasteiger partial charge >= 0.3 is 0 Å². The minimum absolute atomic E-state index is 0.0879. The molecule has 0 bridgehead atoms. The quantitative estimate of drug-likeness (QED) is 0.765. The fourth-order valence-electron chi connectivity index (χ4n) is 2.04. The van der Waals surface area contributed by atoms with Crippen LogP contribution in [0.4, 0.5) is 0 Å². The number of nitrogens with one attached hydrogen (secondary N) is 1. The lowest BCUT2D eigenvalue weighted by Crippen LogP contribution is -2.13. The van der Waals surface area contributed by atoms with E-state index in [-0.39, 0.29) is 5.92 Å². The molecule has 0 aliphatic heterocycles. The normalized spacial score (nSPS) is 12.5. The second kappa shape index (κ2) is 5.34. The predicted octanol–water partition coefficient (Wildman–Crippen LogP) is 2.62. The molecule has 3 aromatic rings. The highest BCUT2D eigenvalue weighted by Crippen LogP contribution is 2.26. The summed E-state index contributed by atoms with van der Waals surface area (Å²) in [6, 6.07) is 12.1. The Morgan fingerprint density at radius 2 is 2.11 bits per heavy atom. The Bertz CT molecular complexity index is 631. The van der Waals surface area contributed by atoms with Crippen LogP contribution in [-0.4, -0.2) is 21.7 Å². The van der Waals surface area contributed by atoms with Crippen molar-refractivity contribution in [3.63, 3.8) is 0 Å². The molecule has 19 heavy (non-hydrogen) atoms. The van der Waals surface area contributed by atoms with Crippen LogP contribution in [0.2, 0.25) is 0 Å². The van der Waals surface area contributed by atoms with Crippen LogP contribution in [0, 0.1) is 0 Å². The molecule has 2 heterocycles.